The van der Waals surface area contributed by atoms with Crippen LogP contribution in [0.3, 0.4) is 0 Å². The maximum absolute atomic E-state index is 12.9. The van der Waals surface area contributed by atoms with Crippen LogP contribution in [0.5, 0.6) is 0 Å². The van der Waals surface area contributed by atoms with Gasteiger partial charge in [0.15, 0.2) is 0 Å². The topological polar surface area (TPSA) is 114 Å². The average molecular weight is 459 g/mol. The number of benzene rings is 2. The van der Waals surface area contributed by atoms with E-state index in [0.29, 0.717) is 36.9 Å². The van der Waals surface area contributed by atoms with Crippen LogP contribution in [0.4, 0.5) is 0 Å². The standard InChI is InChI=1S/C26H26N4O4/c27-14-17-1-3-18(4-2-17)15-29-11-9-26(34,10-12-29)20-5-6-21-19(13-20)16-30(25(21)33)22-7-8-23(31)28-24(22)32/h1-6,13,22,34H,7-12,15-16H2,(H,28,31,32). The van der Waals surface area contributed by atoms with Gasteiger partial charge in [-0.25, -0.2) is 0 Å². The summed E-state index contributed by atoms with van der Waals surface area (Å²) in [5, 5.41) is 22.7. The van der Waals surface area contributed by atoms with Gasteiger partial charge in [-0.3, -0.25) is 24.6 Å². The van der Waals surface area contributed by atoms with E-state index in [9.17, 15) is 19.5 Å². The van der Waals surface area contributed by atoms with Gasteiger partial charge >= 0.3 is 0 Å². The number of rotatable bonds is 4. The van der Waals surface area contributed by atoms with Crippen molar-refractivity contribution in [3.05, 3.63) is 70.3 Å². The van der Waals surface area contributed by atoms with Crippen LogP contribution in [0.15, 0.2) is 42.5 Å². The number of nitrogens with zero attached hydrogens (tertiary/aromatic N) is 3. The second kappa shape index (κ2) is 8.67. The molecular weight excluding hydrogens is 432 g/mol. The van der Waals surface area contributed by atoms with Crippen molar-refractivity contribution in [1.29, 1.82) is 5.26 Å². The highest BCUT2D eigenvalue weighted by Crippen LogP contribution is 2.36. The fourth-order valence-electron chi connectivity index (χ4n) is 5.18. The highest BCUT2D eigenvalue weighted by Gasteiger charge is 2.40. The Morgan fingerprint density at radius 2 is 1.82 bits per heavy atom. The lowest BCUT2D eigenvalue weighted by Crippen LogP contribution is -2.52. The Hall–Kier alpha value is -3.54. The molecule has 1 unspecified atom stereocenters. The summed E-state index contributed by atoms with van der Waals surface area (Å²) in [6.07, 6.45) is 1.70. The molecule has 0 saturated carbocycles. The Balaban J connectivity index is 1.25. The number of aliphatic hydroxyl groups is 1. The summed E-state index contributed by atoms with van der Waals surface area (Å²) in [4.78, 5) is 40.5. The molecule has 2 aromatic carbocycles. The number of carbonyl (C=O) groups is 3. The number of piperidine rings is 2. The molecule has 2 saturated heterocycles. The van der Waals surface area contributed by atoms with Gasteiger partial charge in [0.2, 0.25) is 11.8 Å². The lowest BCUT2D eigenvalue weighted by Gasteiger charge is -2.38. The van der Waals surface area contributed by atoms with Crippen LogP contribution in [-0.4, -0.2) is 51.8 Å². The van der Waals surface area contributed by atoms with Crippen molar-refractivity contribution in [2.45, 2.75) is 50.4 Å². The van der Waals surface area contributed by atoms with Crippen molar-refractivity contribution in [1.82, 2.24) is 15.1 Å². The molecule has 0 spiro atoms. The zero-order valence-corrected chi connectivity index (χ0v) is 18.8. The zero-order chi connectivity index (χ0) is 23.9. The molecule has 3 aliphatic rings. The zero-order valence-electron chi connectivity index (χ0n) is 18.8. The van der Waals surface area contributed by atoms with E-state index >= 15 is 0 Å². The minimum Gasteiger partial charge on any atom is -0.385 e. The number of imide groups is 1. The number of carbonyl (C=O) groups excluding carboxylic acids is 3. The molecule has 3 aliphatic heterocycles. The van der Waals surface area contributed by atoms with E-state index in [2.05, 4.69) is 16.3 Å². The first-order valence-electron chi connectivity index (χ1n) is 11.6. The summed E-state index contributed by atoms with van der Waals surface area (Å²) in [5.41, 5.74) is 2.96. The number of likely N-dealkylation sites (tertiary alicyclic amines) is 1. The number of hydrogen-bond acceptors (Lipinski definition) is 6. The lowest BCUT2D eigenvalue weighted by molar-refractivity contribution is -0.136. The van der Waals surface area contributed by atoms with Crippen LogP contribution in [-0.2, 0) is 28.3 Å². The third-order valence-corrected chi connectivity index (χ3v) is 7.23. The van der Waals surface area contributed by atoms with Gasteiger partial charge in [-0.05, 0) is 54.2 Å². The quantitative estimate of drug-likeness (QED) is 0.676. The monoisotopic (exact) mass is 458 g/mol. The van der Waals surface area contributed by atoms with E-state index in [1.54, 1.807) is 6.07 Å². The molecule has 0 aliphatic carbocycles. The Morgan fingerprint density at radius 3 is 2.50 bits per heavy atom. The first-order valence-corrected chi connectivity index (χ1v) is 11.6. The Labute approximate surface area is 197 Å². The summed E-state index contributed by atoms with van der Waals surface area (Å²) in [6, 6.07) is 14.5. The van der Waals surface area contributed by atoms with Gasteiger partial charge in [0.05, 0.1) is 17.2 Å². The molecule has 2 N–H and O–H groups in total. The molecule has 2 fully saturated rings. The third kappa shape index (κ3) is 4.09. The minimum atomic E-state index is -0.971. The Kier molecular flexibility index (Phi) is 5.68. The summed E-state index contributed by atoms with van der Waals surface area (Å²) < 4.78 is 0. The smallest absolute Gasteiger partial charge is 0.255 e. The first-order chi connectivity index (χ1) is 16.4. The van der Waals surface area contributed by atoms with Gasteiger partial charge in [0.25, 0.3) is 5.91 Å². The molecule has 0 bridgehead atoms. The number of hydrogen-bond donors (Lipinski definition) is 2. The van der Waals surface area contributed by atoms with E-state index in [1.165, 1.54) is 4.90 Å². The van der Waals surface area contributed by atoms with Crippen LogP contribution < -0.4 is 5.32 Å². The molecule has 8 heteroatoms. The number of amides is 3. The van der Waals surface area contributed by atoms with Crippen LogP contribution in [0.2, 0.25) is 0 Å². The molecule has 3 heterocycles. The molecule has 34 heavy (non-hydrogen) atoms. The maximum Gasteiger partial charge on any atom is 0.255 e. The van der Waals surface area contributed by atoms with E-state index in [0.717, 1.165) is 36.3 Å². The van der Waals surface area contributed by atoms with E-state index < -0.39 is 17.6 Å². The predicted octanol–water partition coefficient (Wildman–Crippen LogP) is 1.80. The maximum atomic E-state index is 12.9. The fraction of sp³-hybridized carbons (Fsp3) is 0.385. The van der Waals surface area contributed by atoms with Gasteiger partial charge in [0.1, 0.15) is 6.04 Å². The molecule has 174 valence electrons. The van der Waals surface area contributed by atoms with Crippen molar-refractivity contribution < 1.29 is 19.5 Å². The van der Waals surface area contributed by atoms with Crippen molar-refractivity contribution >= 4 is 17.7 Å². The minimum absolute atomic E-state index is 0.208. The first kappa shape index (κ1) is 22.3. The van der Waals surface area contributed by atoms with Gasteiger partial charge in [-0.2, -0.15) is 5.26 Å². The van der Waals surface area contributed by atoms with Crippen LogP contribution in [0.25, 0.3) is 0 Å². The summed E-state index contributed by atoms with van der Waals surface area (Å²) in [7, 11) is 0. The third-order valence-electron chi connectivity index (χ3n) is 7.23. The molecule has 0 aromatic heterocycles. The fourth-order valence-corrected chi connectivity index (χ4v) is 5.18. The molecule has 2 aromatic rings. The lowest BCUT2D eigenvalue weighted by atomic mass is 9.83. The SMILES string of the molecule is N#Cc1ccc(CN2CCC(O)(c3ccc4c(c3)CN(C3CCC(=O)NC3=O)C4=O)CC2)cc1. The molecule has 8 nitrogen and oxygen atoms in total. The molecule has 1 atom stereocenters. The Morgan fingerprint density at radius 1 is 1.09 bits per heavy atom. The number of nitrogens with one attached hydrogen (secondary N) is 1. The summed E-state index contributed by atoms with van der Waals surface area (Å²) in [5.74, 6) is -0.938. The molecule has 0 radical (unpaired) electrons. The summed E-state index contributed by atoms with van der Waals surface area (Å²) in [6.45, 7) is 2.53. The molecule has 5 rings (SSSR count). The highest BCUT2D eigenvalue weighted by atomic mass is 16.3. The van der Waals surface area contributed by atoms with Crippen molar-refractivity contribution in [2.24, 2.45) is 0 Å². The Bertz CT molecular complexity index is 1190. The molecule has 3 amide bonds. The van der Waals surface area contributed by atoms with Gasteiger partial charge in [-0.15, -0.1) is 0 Å². The van der Waals surface area contributed by atoms with Crippen molar-refractivity contribution in [3.63, 3.8) is 0 Å². The summed E-state index contributed by atoms with van der Waals surface area (Å²) >= 11 is 0. The second-order valence-corrected chi connectivity index (χ2v) is 9.39. The van der Waals surface area contributed by atoms with Crippen LogP contribution in [0, 0.1) is 11.3 Å². The number of nitriles is 1. The van der Waals surface area contributed by atoms with E-state index in [1.807, 2.05) is 36.4 Å². The average Bonchev–Trinajstić information content (AvgIpc) is 3.17. The van der Waals surface area contributed by atoms with E-state index in [4.69, 9.17) is 5.26 Å². The van der Waals surface area contributed by atoms with Gasteiger partial charge < -0.3 is 10.0 Å². The van der Waals surface area contributed by atoms with Crippen LogP contribution >= 0.6 is 0 Å². The second-order valence-electron chi connectivity index (χ2n) is 9.39. The largest absolute Gasteiger partial charge is 0.385 e. The van der Waals surface area contributed by atoms with Gasteiger partial charge in [-0.1, -0.05) is 24.3 Å². The molecular formula is C26H26N4O4. The van der Waals surface area contributed by atoms with E-state index in [-0.39, 0.29) is 18.2 Å². The predicted molar refractivity (Wildman–Crippen MR) is 122 cm³/mol. The van der Waals surface area contributed by atoms with Gasteiger partial charge in [0, 0.05) is 38.2 Å². The van der Waals surface area contributed by atoms with Crippen molar-refractivity contribution in [2.75, 3.05) is 13.1 Å². The normalized spacial score (nSPS) is 22.3. The van der Waals surface area contributed by atoms with Crippen LogP contribution in [0.1, 0.15) is 58.3 Å². The highest BCUT2D eigenvalue weighted by molar-refractivity contribution is 6.05. The van der Waals surface area contributed by atoms with Crippen molar-refractivity contribution in [3.8, 4) is 6.07 Å². The number of fused-ring (bicyclic) bond motifs is 1.